The van der Waals surface area contributed by atoms with Crippen LogP contribution in [0.2, 0.25) is 0 Å². The number of nitrogens with two attached hydrogens (primary N) is 1. The molecule has 1 heterocycles. The lowest BCUT2D eigenvalue weighted by molar-refractivity contribution is -0.135. The average Bonchev–Trinajstić information content (AvgIpc) is 2.49. The number of carbonyl (C=O) groups excluding carboxylic acids is 1. The Morgan fingerprint density at radius 3 is 2.62 bits per heavy atom. The van der Waals surface area contributed by atoms with E-state index in [1.807, 2.05) is 0 Å². The van der Waals surface area contributed by atoms with Crippen LogP contribution in [-0.2, 0) is 16.0 Å². The monoisotopic (exact) mass is 316 g/mol. The minimum atomic E-state index is -0.520. The molecule has 0 atom stereocenters. The normalized spacial score (nSPS) is 16.9. The van der Waals surface area contributed by atoms with Gasteiger partial charge in [-0.05, 0) is 30.9 Å². The summed E-state index contributed by atoms with van der Waals surface area (Å²) >= 11 is 0. The summed E-state index contributed by atoms with van der Waals surface area (Å²) in [6.45, 7) is 1.88. The van der Waals surface area contributed by atoms with Gasteiger partial charge in [0.2, 0.25) is 5.91 Å². The van der Waals surface area contributed by atoms with E-state index in [0.717, 1.165) is 0 Å². The minimum Gasteiger partial charge on any atom is -0.381 e. The Morgan fingerprint density at radius 1 is 1.33 bits per heavy atom. The van der Waals surface area contributed by atoms with Crippen LogP contribution < -0.4 is 11.1 Å². The Bertz CT molecular complexity index is 465. The maximum Gasteiger partial charge on any atom is 0.227 e. The van der Waals surface area contributed by atoms with E-state index >= 15 is 0 Å². The molecule has 4 nitrogen and oxygen atoms in total. The minimum absolute atomic E-state index is 0. The van der Waals surface area contributed by atoms with Crippen molar-refractivity contribution in [3.8, 4) is 0 Å². The van der Waals surface area contributed by atoms with E-state index < -0.39 is 5.41 Å². The number of halogens is 2. The zero-order chi connectivity index (χ0) is 14.4. The lowest BCUT2D eigenvalue weighted by Gasteiger charge is -2.34. The Morgan fingerprint density at radius 2 is 2.00 bits per heavy atom. The molecule has 1 aromatic rings. The maximum atomic E-state index is 13.5. The number of carbonyl (C=O) groups is 1. The average molecular weight is 317 g/mol. The van der Waals surface area contributed by atoms with Crippen molar-refractivity contribution in [2.45, 2.75) is 19.3 Å². The number of benzene rings is 1. The topological polar surface area (TPSA) is 64.4 Å². The largest absolute Gasteiger partial charge is 0.381 e. The van der Waals surface area contributed by atoms with Crippen molar-refractivity contribution in [2.75, 3.05) is 26.3 Å². The van der Waals surface area contributed by atoms with Gasteiger partial charge in [-0.2, -0.15) is 0 Å². The third-order valence-electron chi connectivity index (χ3n) is 3.96. The quantitative estimate of drug-likeness (QED) is 0.868. The SMILES string of the molecule is Cl.NCC1(C(=O)NCCc2ccccc2F)CCOCC1. The van der Waals surface area contributed by atoms with E-state index in [4.69, 9.17) is 10.5 Å². The van der Waals surface area contributed by atoms with Crippen LogP contribution in [0.25, 0.3) is 0 Å². The molecule has 0 spiro atoms. The summed E-state index contributed by atoms with van der Waals surface area (Å²) in [7, 11) is 0. The summed E-state index contributed by atoms with van der Waals surface area (Å²) in [5.41, 5.74) is 5.86. The van der Waals surface area contributed by atoms with Crippen molar-refractivity contribution in [1.29, 1.82) is 0 Å². The zero-order valence-electron chi connectivity index (χ0n) is 11.9. The van der Waals surface area contributed by atoms with Gasteiger partial charge in [0, 0.05) is 26.3 Å². The lowest BCUT2D eigenvalue weighted by Crippen LogP contribution is -2.49. The molecule has 0 aliphatic carbocycles. The summed E-state index contributed by atoms with van der Waals surface area (Å²) in [4.78, 5) is 12.3. The van der Waals surface area contributed by atoms with Gasteiger partial charge in [0.1, 0.15) is 5.82 Å². The standard InChI is InChI=1S/C15H21FN2O2.ClH/c16-13-4-2-1-3-12(13)5-8-18-14(19)15(11-17)6-9-20-10-7-15;/h1-4H,5-11,17H2,(H,18,19);1H. The second-order valence-electron chi connectivity index (χ2n) is 5.19. The number of hydrogen-bond donors (Lipinski definition) is 2. The van der Waals surface area contributed by atoms with Crippen molar-refractivity contribution < 1.29 is 13.9 Å². The number of nitrogens with one attached hydrogen (secondary N) is 1. The van der Waals surface area contributed by atoms with E-state index in [-0.39, 0.29) is 24.1 Å². The molecule has 3 N–H and O–H groups in total. The van der Waals surface area contributed by atoms with Gasteiger partial charge < -0.3 is 15.8 Å². The van der Waals surface area contributed by atoms with E-state index in [0.29, 0.717) is 51.1 Å². The fraction of sp³-hybridized carbons (Fsp3) is 0.533. The molecule has 0 bridgehead atoms. The van der Waals surface area contributed by atoms with E-state index in [9.17, 15) is 9.18 Å². The van der Waals surface area contributed by atoms with E-state index in [1.54, 1.807) is 18.2 Å². The van der Waals surface area contributed by atoms with Gasteiger partial charge in [0.25, 0.3) is 0 Å². The van der Waals surface area contributed by atoms with Crippen LogP contribution in [0.4, 0.5) is 4.39 Å². The number of hydrogen-bond acceptors (Lipinski definition) is 3. The van der Waals surface area contributed by atoms with Crippen LogP contribution in [0, 0.1) is 11.2 Å². The van der Waals surface area contributed by atoms with Gasteiger partial charge in [0.05, 0.1) is 5.41 Å². The Kier molecular flexibility index (Phi) is 7.08. The number of amides is 1. The molecule has 0 saturated carbocycles. The molecule has 0 unspecified atom stereocenters. The van der Waals surface area contributed by atoms with Gasteiger partial charge >= 0.3 is 0 Å². The summed E-state index contributed by atoms with van der Waals surface area (Å²) in [5, 5.41) is 2.88. The molecule has 0 aromatic heterocycles. The highest BCUT2D eigenvalue weighted by molar-refractivity contribution is 5.85. The zero-order valence-corrected chi connectivity index (χ0v) is 12.8. The molecule has 1 aromatic carbocycles. The first-order valence-corrected chi connectivity index (χ1v) is 6.97. The van der Waals surface area contributed by atoms with Crippen LogP contribution >= 0.6 is 12.4 Å². The van der Waals surface area contributed by atoms with Crippen molar-refractivity contribution in [3.05, 3.63) is 35.6 Å². The molecule has 1 aliphatic heterocycles. The van der Waals surface area contributed by atoms with Gasteiger partial charge in [0.15, 0.2) is 0 Å². The Hall–Kier alpha value is -1.17. The Labute approximate surface area is 130 Å². The van der Waals surface area contributed by atoms with Crippen LogP contribution in [0.15, 0.2) is 24.3 Å². The molecule has 21 heavy (non-hydrogen) atoms. The van der Waals surface area contributed by atoms with Crippen LogP contribution in [0.3, 0.4) is 0 Å². The third kappa shape index (κ3) is 4.40. The molecule has 6 heteroatoms. The van der Waals surface area contributed by atoms with Gasteiger partial charge in [-0.15, -0.1) is 12.4 Å². The fourth-order valence-electron chi connectivity index (χ4n) is 2.49. The van der Waals surface area contributed by atoms with Crippen molar-refractivity contribution >= 4 is 18.3 Å². The maximum absolute atomic E-state index is 13.5. The Balaban J connectivity index is 0.00000220. The molecule has 118 valence electrons. The predicted molar refractivity (Wildman–Crippen MR) is 81.9 cm³/mol. The summed E-state index contributed by atoms with van der Waals surface area (Å²) < 4.78 is 18.7. The van der Waals surface area contributed by atoms with Gasteiger partial charge in [-0.1, -0.05) is 18.2 Å². The summed E-state index contributed by atoms with van der Waals surface area (Å²) in [6.07, 6.45) is 1.78. The molecular weight excluding hydrogens is 295 g/mol. The summed E-state index contributed by atoms with van der Waals surface area (Å²) in [6, 6.07) is 6.61. The highest BCUT2D eigenvalue weighted by atomic mass is 35.5. The molecule has 1 aliphatic rings. The van der Waals surface area contributed by atoms with E-state index in [2.05, 4.69) is 5.32 Å². The second-order valence-corrected chi connectivity index (χ2v) is 5.19. The van der Waals surface area contributed by atoms with Crippen LogP contribution in [0.5, 0.6) is 0 Å². The van der Waals surface area contributed by atoms with Gasteiger partial charge in [-0.25, -0.2) is 4.39 Å². The first kappa shape index (κ1) is 17.9. The molecule has 2 rings (SSSR count). The molecule has 1 saturated heterocycles. The predicted octanol–water partition coefficient (Wildman–Crippen LogP) is 1.66. The summed E-state index contributed by atoms with van der Waals surface area (Å²) in [5.74, 6) is -0.277. The number of ether oxygens (including phenoxy) is 1. The number of rotatable bonds is 5. The van der Waals surface area contributed by atoms with Crippen molar-refractivity contribution in [1.82, 2.24) is 5.32 Å². The van der Waals surface area contributed by atoms with Crippen LogP contribution in [-0.4, -0.2) is 32.2 Å². The first-order valence-electron chi connectivity index (χ1n) is 6.97. The van der Waals surface area contributed by atoms with E-state index in [1.165, 1.54) is 6.07 Å². The van der Waals surface area contributed by atoms with Crippen LogP contribution in [0.1, 0.15) is 18.4 Å². The molecule has 1 fully saturated rings. The highest BCUT2D eigenvalue weighted by Gasteiger charge is 2.38. The first-order chi connectivity index (χ1) is 9.68. The molecule has 0 radical (unpaired) electrons. The highest BCUT2D eigenvalue weighted by Crippen LogP contribution is 2.29. The second kappa shape index (κ2) is 8.32. The van der Waals surface area contributed by atoms with Crippen molar-refractivity contribution in [3.63, 3.8) is 0 Å². The molecular formula is C15H22ClFN2O2. The van der Waals surface area contributed by atoms with Crippen molar-refractivity contribution in [2.24, 2.45) is 11.1 Å². The smallest absolute Gasteiger partial charge is 0.227 e. The fourth-order valence-corrected chi connectivity index (χ4v) is 2.49. The van der Waals surface area contributed by atoms with Gasteiger partial charge in [-0.3, -0.25) is 4.79 Å². The lowest BCUT2D eigenvalue weighted by atomic mass is 9.79. The molecule has 1 amide bonds. The third-order valence-corrected chi connectivity index (χ3v) is 3.96.